The van der Waals surface area contributed by atoms with Gasteiger partial charge in [0.15, 0.2) is 0 Å². The van der Waals surface area contributed by atoms with E-state index in [1.807, 2.05) is 18.2 Å². The number of aromatic amines is 1. The molecule has 2 atom stereocenters. The molecule has 0 spiro atoms. The molecule has 1 aliphatic carbocycles. The number of halogens is 2. The van der Waals surface area contributed by atoms with Gasteiger partial charge in [0, 0.05) is 40.8 Å². The van der Waals surface area contributed by atoms with Crippen LogP contribution in [0, 0.1) is 5.82 Å². The molecule has 31 heavy (non-hydrogen) atoms. The Balaban J connectivity index is 1.63. The van der Waals surface area contributed by atoms with Gasteiger partial charge in [0.25, 0.3) is 0 Å². The van der Waals surface area contributed by atoms with Crippen LogP contribution in [0.4, 0.5) is 8.78 Å². The summed E-state index contributed by atoms with van der Waals surface area (Å²) >= 11 is 0. The number of alkyl halides is 1. The van der Waals surface area contributed by atoms with E-state index in [9.17, 15) is 9.18 Å². The Labute approximate surface area is 179 Å². The molecular formula is C25H24F2N2O2. The van der Waals surface area contributed by atoms with Gasteiger partial charge in [-0.05, 0) is 55.5 Å². The minimum atomic E-state index is -1.20. The van der Waals surface area contributed by atoms with E-state index in [0.717, 1.165) is 34.7 Å². The maximum atomic E-state index is 15.3. The topological polar surface area (TPSA) is 56.3 Å². The number of rotatable bonds is 5. The third kappa shape index (κ3) is 3.65. The highest BCUT2D eigenvalue weighted by Crippen LogP contribution is 2.47. The molecule has 1 aliphatic heterocycles. The van der Waals surface area contributed by atoms with Crippen LogP contribution in [0.15, 0.2) is 48.5 Å². The number of hydrogen-bond donors (Lipinski definition) is 2. The van der Waals surface area contributed by atoms with Crippen LogP contribution in [0.1, 0.15) is 48.2 Å². The Morgan fingerprint density at radius 1 is 1.29 bits per heavy atom. The second-order valence-corrected chi connectivity index (χ2v) is 8.79. The Morgan fingerprint density at radius 3 is 2.77 bits per heavy atom. The van der Waals surface area contributed by atoms with E-state index in [1.54, 1.807) is 12.1 Å². The van der Waals surface area contributed by atoms with Crippen LogP contribution >= 0.6 is 0 Å². The largest absolute Gasteiger partial charge is 0.478 e. The highest BCUT2D eigenvalue weighted by molar-refractivity contribution is 5.86. The summed E-state index contributed by atoms with van der Waals surface area (Å²) in [6.45, 7) is 2.35. The first-order valence-corrected chi connectivity index (χ1v) is 10.6. The predicted octanol–water partition coefficient (Wildman–Crippen LogP) is 5.24. The van der Waals surface area contributed by atoms with E-state index >= 15 is 4.39 Å². The number of carboxylic acids is 1. The molecule has 6 heteroatoms. The summed E-state index contributed by atoms with van der Waals surface area (Å²) < 4.78 is 30.2. The van der Waals surface area contributed by atoms with Gasteiger partial charge in [-0.1, -0.05) is 30.3 Å². The second kappa shape index (κ2) is 7.31. The standard InChI is InChI=1S/C25H24F2N2O2/c1-15-12-19-17-4-2-3-5-21(17)28-23(19)24(29(15)14-25(27)10-11-25)18-8-6-16(13-20(18)26)7-9-22(30)31/h2-9,13,15,24,28H,10-12,14H2,1H3,(H,30,31)/b9-7+/t15-,24-/m1/s1. The minimum absolute atomic E-state index is 0.0518. The van der Waals surface area contributed by atoms with Crippen molar-refractivity contribution in [3.05, 3.63) is 76.7 Å². The normalized spacial score (nSPS) is 22.7. The van der Waals surface area contributed by atoms with Crippen molar-refractivity contribution in [1.82, 2.24) is 9.88 Å². The molecule has 1 aromatic heterocycles. The van der Waals surface area contributed by atoms with Crippen molar-refractivity contribution in [1.29, 1.82) is 0 Å². The monoisotopic (exact) mass is 422 g/mol. The zero-order chi connectivity index (χ0) is 21.8. The van der Waals surface area contributed by atoms with Crippen molar-refractivity contribution in [3.63, 3.8) is 0 Å². The third-order valence-electron chi connectivity index (χ3n) is 6.51. The molecule has 2 aromatic carbocycles. The maximum Gasteiger partial charge on any atom is 0.328 e. The fourth-order valence-electron chi connectivity index (χ4n) is 4.75. The maximum absolute atomic E-state index is 15.3. The van der Waals surface area contributed by atoms with Crippen molar-refractivity contribution in [2.45, 2.75) is 43.9 Å². The zero-order valence-corrected chi connectivity index (χ0v) is 17.2. The van der Waals surface area contributed by atoms with E-state index in [1.165, 1.54) is 12.1 Å². The molecule has 2 heterocycles. The number of nitrogens with one attached hydrogen (secondary N) is 1. The van der Waals surface area contributed by atoms with Gasteiger partial charge in [-0.15, -0.1) is 0 Å². The second-order valence-electron chi connectivity index (χ2n) is 8.79. The number of carboxylic acid groups (broad SMARTS) is 1. The van der Waals surface area contributed by atoms with Crippen LogP contribution in [0.25, 0.3) is 17.0 Å². The van der Waals surface area contributed by atoms with Crippen LogP contribution < -0.4 is 0 Å². The molecule has 0 unspecified atom stereocenters. The number of benzene rings is 2. The first kappa shape index (κ1) is 19.9. The van der Waals surface area contributed by atoms with Crippen molar-refractivity contribution in [3.8, 4) is 0 Å². The van der Waals surface area contributed by atoms with Gasteiger partial charge in [0.05, 0.1) is 6.04 Å². The summed E-state index contributed by atoms with van der Waals surface area (Å²) in [4.78, 5) is 16.3. The lowest BCUT2D eigenvalue weighted by molar-refractivity contribution is -0.131. The Kier molecular flexibility index (Phi) is 4.70. The summed E-state index contributed by atoms with van der Waals surface area (Å²) in [7, 11) is 0. The van der Waals surface area contributed by atoms with Crippen LogP contribution in [0.3, 0.4) is 0 Å². The van der Waals surface area contributed by atoms with Crippen molar-refractivity contribution in [2.75, 3.05) is 6.54 Å². The molecule has 3 aromatic rings. The van der Waals surface area contributed by atoms with Crippen molar-refractivity contribution in [2.24, 2.45) is 0 Å². The smallest absolute Gasteiger partial charge is 0.328 e. The Hall–Kier alpha value is -2.99. The van der Waals surface area contributed by atoms with Gasteiger partial charge in [-0.2, -0.15) is 0 Å². The summed E-state index contributed by atoms with van der Waals surface area (Å²) in [5, 5.41) is 9.95. The summed E-state index contributed by atoms with van der Waals surface area (Å²) in [5.41, 5.74) is 2.81. The SMILES string of the molecule is C[C@@H]1Cc2c([nH]c3ccccc23)[C@@H](c2ccc(/C=C/C(=O)O)cc2F)N1CC1(F)CC1. The van der Waals surface area contributed by atoms with Crippen LogP contribution in [-0.2, 0) is 11.2 Å². The fourth-order valence-corrected chi connectivity index (χ4v) is 4.75. The Bertz CT molecular complexity index is 1200. The molecule has 1 fully saturated rings. The number of aromatic nitrogens is 1. The molecule has 0 bridgehead atoms. The van der Waals surface area contributed by atoms with Gasteiger partial charge in [0.1, 0.15) is 11.5 Å². The molecule has 5 rings (SSSR count). The average Bonchev–Trinajstić information content (AvgIpc) is 3.35. The molecule has 160 valence electrons. The Morgan fingerprint density at radius 2 is 2.06 bits per heavy atom. The molecule has 0 amide bonds. The van der Waals surface area contributed by atoms with E-state index in [-0.39, 0.29) is 12.6 Å². The van der Waals surface area contributed by atoms with E-state index in [4.69, 9.17) is 5.11 Å². The van der Waals surface area contributed by atoms with Gasteiger partial charge >= 0.3 is 5.97 Å². The number of nitrogens with zero attached hydrogens (tertiary/aromatic N) is 1. The van der Waals surface area contributed by atoms with Crippen LogP contribution in [0.2, 0.25) is 0 Å². The van der Waals surface area contributed by atoms with Crippen LogP contribution in [-0.4, -0.2) is 39.2 Å². The summed E-state index contributed by atoms with van der Waals surface area (Å²) in [6, 6.07) is 12.4. The lowest BCUT2D eigenvalue weighted by Gasteiger charge is -2.41. The first-order chi connectivity index (χ1) is 14.8. The molecule has 1 saturated carbocycles. The molecular weight excluding hydrogens is 398 g/mol. The third-order valence-corrected chi connectivity index (χ3v) is 6.51. The van der Waals surface area contributed by atoms with E-state index < -0.39 is 23.5 Å². The molecule has 0 saturated heterocycles. The minimum Gasteiger partial charge on any atom is -0.478 e. The number of aliphatic carboxylic acids is 1. The molecule has 4 nitrogen and oxygen atoms in total. The number of hydrogen-bond acceptors (Lipinski definition) is 2. The summed E-state index contributed by atoms with van der Waals surface area (Å²) in [5.74, 6) is -1.51. The fraction of sp³-hybridized carbons (Fsp3) is 0.320. The predicted molar refractivity (Wildman–Crippen MR) is 116 cm³/mol. The first-order valence-electron chi connectivity index (χ1n) is 10.6. The average molecular weight is 422 g/mol. The van der Waals surface area contributed by atoms with Crippen molar-refractivity contribution >= 4 is 22.9 Å². The molecule has 2 aliphatic rings. The lowest BCUT2D eigenvalue weighted by Crippen LogP contribution is -2.46. The lowest BCUT2D eigenvalue weighted by atomic mass is 9.87. The van der Waals surface area contributed by atoms with Gasteiger partial charge in [-0.3, -0.25) is 4.90 Å². The highest BCUT2D eigenvalue weighted by atomic mass is 19.1. The zero-order valence-electron chi connectivity index (χ0n) is 17.2. The van der Waals surface area contributed by atoms with E-state index in [0.29, 0.717) is 24.0 Å². The van der Waals surface area contributed by atoms with Crippen molar-refractivity contribution < 1.29 is 18.7 Å². The van der Waals surface area contributed by atoms with Crippen LogP contribution in [0.5, 0.6) is 0 Å². The molecule has 0 radical (unpaired) electrons. The molecule has 2 N–H and O–H groups in total. The number of para-hydroxylation sites is 1. The number of fused-ring (bicyclic) bond motifs is 3. The number of H-pyrrole nitrogens is 1. The van der Waals surface area contributed by atoms with E-state index in [2.05, 4.69) is 22.9 Å². The van der Waals surface area contributed by atoms with Gasteiger partial charge in [-0.25, -0.2) is 13.6 Å². The summed E-state index contributed by atoms with van der Waals surface area (Å²) in [6.07, 6.45) is 4.21. The number of carbonyl (C=O) groups is 1. The highest BCUT2D eigenvalue weighted by Gasteiger charge is 2.48. The van der Waals surface area contributed by atoms with Gasteiger partial charge < -0.3 is 10.1 Å². The van der Waals surface area contributed by atoms with Gasteiger partial charge in [0.2, 0.25) is 0 Å². The quantitative estimate of drug-likeness (QED) is 0.553.